The Morgan fingerprint density at radius 2 is 1.74 bits per heavy atom. The number of benzene rings is 3. The Bertz CT molecular complexity index is 1030. The molecule has 1 unspecified atom stereocenters. The van der Waals surface area contributed by atoms with E-state index >= 15 is 0 Å². The normalized spacial score (nSPS) is 16.1. The first kappa shape index (κ1) is 20.9. The van der Waals surface area contributed by atoms with Crippen molar-refractivity contribution >= 4 is 22.6 Å². The molecule has 1 saturated heterocycles. The molecule has 0 radical (unpaired) electrons. The summed E-state index contributed by atoms with van der Waals surface area (Å²) in [6.07, 6.45) is 2.39. The van der Waals surface area contributed by atoms with Gasteiger partial charge in [0.25, 0.3) is 5.91 Å². The summed E-state index contributed by atoms with van der Waals surface area (Å²) in [4.78, 5) is 27.7. The van der Waals surface area contributed by atoms with Crippen molar-refractivity contribution < 1.29 is 14.3 Å². The SMILES string of the molecule is O=C(NCCCOc1ccccc1)C1CCCN(C(=O)c2cccc3ccccc23)C1. The predicted octanol–water partition coefficient (Wildman–Crippen LogP) is 4.28. The molecule has 0 spiro atoms. The second-order valence-corrected chi connectivity index (χ2v) is 7.92. The molecule has 160 valence electrons. The summed E-state index contributed by atoms with van der Waals surface area (Å²) in [5, 5.41) is 5.02. The van der Waals surface area contributed by atoms with Crippen molar-refractivity contribution in [2.24, 2.45) is 5.92 Å². The maximum atomic E-state index is 13.2. The Morgan fingerprint density at radius 1 is 0.968 bits per heavy atom. The third-order valence-corrected chi connectivity index (χ3v) is 5.73. The van der Waals surface area contributed by atoms with E-state index in [1.807, 2.05) is 77.7 Å². The monoisotopic (exact) mass is 416 g/mol. The first-order chi connectivity index (χ1) is 15.2. The molecule has 0 aliphatic carbocycles. The van der Waals surface area contributed by atoms with Crippen LogP contribution in [-0.2, 0) is 4.79 Å². The smallest absolute Gasteiger partial charge is 0.254 e. The summed E-state index contributed by atoms with van der Waals surface area (Å²) in [5.74, 6) is 0.701. The van der Waals surface area contributed by atoms with Crippen molar-refractivity contribution in [2.75, 3.05) is 26.2 Å². The quantitative estimate of drug-likeness (QED) is 0.585. The summed E-state index contributed by atoms with van der Waals surface area (Å²) < 4.78 is 5.66. The van der Waals surface area contributed by atoms with Crippen molar-refractivity contribution in [3.05, 3.63) is 78.4 Å². The molecule has 1 atom stereocenters. The number of piperidine rings is 1. The van der Waals surface area contributed by atoms with Crippen LogP contribution in [0.4, 0.5) is 0 Å². The van der Waals surface area contributed by atoms with E-state index in [1.54, 1.807) is 0 Å². The molecule has 3 aromatic carbocycles. The van der Waals surface area contributed by atoms with E-state index in [9.17, 15) is 9.59 Å². The summed E-state index contributed by atoms with van der Waals surface area (Å²) in [6, 6.07) is 23.4. The van der Waals surface area contributed by atoms with Crippen molar-refractivity contribution in [3.63, 3.8) is 0 Å². The fourth-order valence-electron chi connectivity index (χ4n) is 4.09. The van der Waals surface area contributed by atoms with E-state index in [0.717, 1.165) is 35.8 Å². The van der Waals surface area contributed by atoms with Crippen molar-refractivity contribution in [1.82, 2.24) is 10.2 Å². The van der Waals surface area contributed by atoms with Gasteiger partial charge in [0, 0.05) is 25.2 Å². The first-order valence-corrected chi connectivity index (χ1v) is 10.9. The van der Waals surface area contributed by atoms with Crippen molar-refractivity contribution in [3.8, 4) is 5.75 Å². The highest BCUT2D eigenvalue weighted by Crippen LogP contribution is 2.23. The van der Waals surface area contributed by atoms with Crippen molar-refractivity contribution in [1.29, 1.82) is 0 Å². The molecular weight excluding hydrogens is 388 g/mol. The largest absolute Gasteiger partial charge is 0.494 e. The highest BCUT2D eigenvalue weighted by Gasteiger charge is 2.29. The second kappa shape index (κ2) is 10.1. The lowest BCUT2D eigenvalue weighted by Crippen LogP contribution is -2.45. The molecule has 1 N–H and O–H groups in total. The Balaban J connectivity index is 1.28. The van der Waals surface area contributed by atoms with E-state index < -0.39 is 0 Å². The molecule has 2 amide bonds. The van der Waals surface area contributed by atoms with Crippen LogP contribution in [0.15, 0.2) is 72.8 Å². The van der Waals surface area contributed by atoms with Crippen LogP contribution in [0, 0.1) is 5.92 Å². The highest BCUT2D eigenvalue weighted by molar-refractivity contribution is 6.07. The van der Waals surface area contributed by atoms with Crippen molar-refractivity contribution in [2.45, 2.75) is 19.3 Å². The number of hydrogen-bond donors (Lipinski definition) is 1. The number of fused-ring (bicyclic) bond motifs is 1. The average Bonchev–Trinajstić information content (AvgIpc) is 2.83. The molecule has 3 aromatic rings. The molecule has 1 heterocycles. The summed E-state index contributed by atoms with van der Waals surface area (Å²) in [5.41, 5.74) is 0.706. The number of ether oxygens (including phenoxy) is 1. The standard InChI is InChI=1S/C26H28N2O3/c29-25(27-16-8-18-31-22-12-2-1-3-13-22)21-11-7-17-28(19-21)26(30)24-15-6-10-20-9-4-5-14-23(20)24/h1-6,9-10,12-15,21H,7-8,11,16-19H2,(H,27,29). The number of carbonyl (C=O) groups is 2. The Labute approximate surface area is 183 Å². The second-order valence-electron chi connectivity index (χ2n) is 7.92. The predicted molar refractivity (Wildman–Crippen MR) is 122 cm³/mol. The van der Waals surface area contributed by atoms with E-state index in [0.29, 0.717) is 31.8 Å². The van der Waals surface area contributed by atoms with Crippen LogP contribution in [0.5, 0.6) is 5.75 Å². The van der Waals surface area contributed by atoms with Gasteiger partial charge in [-0.05, 0) is 48.2 Å². The van der Waals surface area contributed by atoms with Gasteiger partial charge in [-0.3, -0.25) is 9.59 Å². The lowest BCUT2D eigenvalue weighted by atomic mass is 9.95. The van der Waals surface area contributed by atoms with Gasteiger partial charge < -0.3 is 15.0 Å². The maximum Gasteiger partial charge on any atom is 0.254 e. The lowest BCUT2D eigenvalue weighted by molar-refractivity contribution is -0.126. The van der Waals surface area contributed by atoms with Crippen LogP contribution in [0.1, 0.15) is 29.6 Å². The molecule has 4 rings (SSSR count). The fraction of sp³-hybridized carbons (Fsp3) is 0.308. The molecule has 0 aromatic heterocycles. The third-order valence-electron chi connectivity index (χ3n) is 5.73. The molecule has 5 heteroatoms. The molecule has 1 aliphatic rings. The van der Waals surface area contributed by atoms with Crippen LogP contribution in [0.3, 0.4) is 0 Å². The molecule has 0 saturated carbocycles. The maximum absolute atomic E-state index is 13.2. The van der Waals surface area contributed by atoms with E-state index in [4.69, 9.17) is 4.74 Å². The Morgan fingerprint density at radius 3 is 2.61 bits per heavy atom. The van der Waals surface area contributed by atoms with Gasteiger partial charge in [0.15, 0.2) is 0 Å². The number of likely N-dealkylation sites (tertiary alicyclic amines) is 1. The number of amides is 2. The van der Waals surface area contributed by atoms with E-state index in [1.165, 1.54) is 0 Å². The lowest BCUT2D eigenvalue weighted by Gasteiger charge is -2.32. The minimum absolute atomic E-state index is 0.00515. The number of nitrogens with zero attached hydrogens (tertiary/aromatic N) is 1. The van der Waals surface area contributed by atoms with Gasteiger partial charge in [-0.2, -0.15) is 0 Å². The fourth-order valence-corrected chi connectivity index (χ4v) is 4.09. The zero-order chi connectivity index (χ0) is 21.5. The number of carbonyl (C=O) groups excluding carboxylic acids is 2. The molecule has 5 nitrogen and oxygen atoms in total. The van der Waals surface area contributed by atoms with Gasteiger partial charge in [0.2, 0.25) is 5.91 Å². The summed E-state index contributed by atoms with van der Waals surface area (Å²) in [6.45, 7) is 2.28. The van der Waals surface area contributed by atoms with Gasteiger partial charge in [0.1, 0.15) is 5.75 Å². The van der Waals surface area contributed by atoms with Gasteiger partial charge in [-0.1, -0.05) is 54.6 Å². The van der Waals surface area contributed by atoms with Crippen LogP contribution >= 0.6 is 0 Å². The Kier molecular flexibility index (Phi) is 6.82. The molecule has 1 fully saturated rings. The molecule has 1 aliphatic heterocycles. The van der Waals surface area contributed by atoms with Crippen LogP contribution in [0.25, 0.3) is 10.8 Å². The number of nitrogens with one attached hydrogen (secondary N) is 1. The number of para-hydroxylation sites is 1. The zero-order valence-electron chi connectivity index (χ0n) is 17.6. The molecule has 0 bridgehead atoms. The van der Waals surface area contributed by atoms with Crippen LogP contribution in [-0.4, -0.2) is 43.0 Å². The number of rotatable bonds is 7. The Hall–Kier alpha value is -3.34. The van der Waals surface area contributed by atoms with Crippen LogP contribution in [0.2, 0.25) is 0 Å². The third kappa shape index (κ3) is 5.23. The van der Waals surface area contributed by atoms with Gasteiger partial charge in [-0.15, -0.1) is 0 Å². The van der Waals surface area contributed by atoms with Crippen LogP contribution < -0.4 is 10.1 Å². The van der Waals surface area contributed by atoms with Gasteiger partial charge in [0.05, 0.1) is 12.5 Å². The van der Waals surface area contributed by atoms with E-state index in [2.05, 4.69) is 5.32 Å². The highest BCUT2D eigenvalue weighted by atomic mass is 16.5. The minimum Gasteiger partial charge on any atom is -0.494 e. The topological polar surface area (TPSA) is 58.6 Å². The molecule has 31 heavy (non-hydrogen) atoms. The first-order valence-electron chi connectivity index (χ1n) is 10.9. The summed E-state index contributed by atoms with van der Waals surface area (Å²) in [7, 11) is 0. The van der Waals surface area contributed by atoms with Gasteiger partial charge in [-0.25, -0.2) is 0 Å². The minimum atomic E-state index is -0.164. The average molecular weight is 417 g/mol. The van der Waals surface area contributed by atoms with E-state index in [-0.39, 0.29) is 17.7 Å². The zero-order valence-corrected chi connectivity index (χ0v) is 17.6. The van der Waals surface area contributed by atoms with Gasteiger partial charge >= 0.3 is 0 Å². The molecular formula is C26H28N2O3. The summed E-state index contributed by atoms with van der Waals surface area (Å²) >= 11 is 0. The number of hydrogen-bond acceptors (Lipinski definition) is 3.